The molecule has 0 aromatic heterocycles. The van der Waals surface area contributed by atoms with Gasteiger partial charge in [-0.3, -0.25) is 4.90 Å². The summed E-state index contributed by atoms with van der Waals surface area (Å²) in [6.45, 7) is 7.00. The highest BCUT2D eigenvalue weighted by Gasteiger charge is 2.34. The van der Waals surface area contributed by atoms with Crippen molar-refractivity contribution in [2.45, 2.75) is 38.3 Å². The molecule has 4 atom stereocenters. The van der Waals surface area contributed by atoms with Crippen LogP contribution in [-0.2, 0) is 9.47 Å². The van der Waals surface area contributed by atoms with Gasteiger partial charge in [-0.1, -0.05) is 6.92 Å². The summed E-state index contributed by atoms with van der Waals surface area (Å²) in [5.74, 6) is 1.27. The summed E-state index contributed by atoms with van der Waals surface area (Å²) < 4.78 is 11.2. The SMILES string of the molecule is COC1CN(C(CN)C2CCCOC2)CCC1C. The van der Waals surface area contributed by atoms with Gasteiger partial charge in [-0.2, -0.15) is 0 Å². The second-order valence-electron chi connectivity index (χ2n) is 5.82. The molecule has 18 heavy (non-hydrogen) atoms. The molecule has 2 aliphatic rings. The van der Waals surface area contributed by atoms with Gasteiger partial charge in [0.25, 0.3) is 0 Å². The number of hydrogen-bond donors (Lipinski definition) is 1. The first-order valence-electron chi connectivity index (χ1n) is 7.31. The standard InChI is InChI=1S/C14H28N2O2/c1-11-5-6-16(9-14(11)17-2)13(8-15)12-4-3-7-18-10-12/h11-14H,3-10,15H2,1-2H3. The van der Waals surface area contributed by atoms with Gasteiger partial charge in [0.15, 0.2) is 0 Å². The zero-order valence-corrected chi connectivity index (χ0v) is 11.8. The van der Waals surface area contributed by atoms with E-state index in [9.17, 15) is 0 Å². The molecule has 4 heteroatoms. The van der Waals surface area contributed by atoms with Crippen LogP contribution in [0.15, 0.2) is 0 Å². The second-order valence-corrected chi connectivity index (χ2v) is 5.82. The minimum absolute atomic E-state index is 0.359. The van der Waals surface area contributed by atoms with Crippen molar-refractivity contribution in [1.82, 2.24) is 4.90 Å². The summed E-state index contributed by atoms with van der Waals surface area (Å²) in [7, 11) is 1.83. The van der Waals surface area contributed by atoms with Gasteiger partial charge in [0.1, 0.15) is 0 Å². The molecule has 2 saturated heterocycles. The van der Waals surface area contributed by atoms with Gasteiger partial charge < -0.3 is 15.2 Å². The Labute approximate surface area is 111 Å². The van der Waals surface area contributed by atoms with Crippen LogP contribution in [0.2, 0.25) is 0 Å². The molecule has 2 rings (SSSR count). The van der Waals surface area contributed by atoms with Crippen LogP contribution in [-0.4, -0.2) is 57.0 Å². The van der Waals surface area contributed by atoms with Gasteiger partial charge in [-0.25, -0.2) is 0 Å². The third kappa shape index (κ3) is 3.23. The number of ether oxygens (including phenoxy) is 2. The molecule has 0 aromatic carbocycles. The third-order valence-corrected chi connectivity index (χ3v) is 4.67. The molecule has 106 valence electrons. The topological polar surface area (TPSA) is 47.7 Å². The number of methoxy groups -OCH3 is 1. The Hall–Kier alpha value is -0.160. The second kappa shape index (κ2) is 6.85. The molecule has 0 radical (unpaired) electrons. The Morgan fingerprint density at radius 3 is 2.89 bits per heavy atom. The molecular formula is C14H28N2O2. The smallest absolute Gasteiger partial charge is 0.0724 e. The molecule has 0 aromatic rings. The van der Waals surface area contributed by atoms with Crippen LogP contribution in [0.3, 0.4) is 0 Å². The van der Waals surface area contributed by atoms with E-state index in [1.54, 1.807) is 0 Å². The average Bonchev–Trinajstić information content (AvgIpc) is 2.42. The van der Waals surface area contributed by atoms with Crippen LogP contribution in [0.1, 0.15) is 26.2 Å². The van der Waals surface area contributed by atoms with E-state index in [-0.39, 0.29) is 0 Å². The first-order chi connectivity index (χ1) is 8.76. The normalized spacial score (nSPS) is 36.5. The predicted octanol–water partition coefficient (Wildman–Crippen LogP) is 1.10. The molecule has 2 aliphatic heterocycles. The summed E-state index contributed by atoms with van der Waals surface area (Å²) in [5, 5.41) is 0. The number of likely N-dealkylation sites (tertiary alicyclic amines) is 1. The van der Waals surface area contributed by atoms with Gasteiger partial charge in [-0.15, -0.1) is 0 Å². The molecule has 2 N–H and O–H groups in total. The number of piperidine rings is 1. The zero-order valence-electron chi connectivity index (χ0n) is 11.8. The summed E-state index contributed by atoms with van der Waals surface area (Å²) in [4.78, 5) is 2.54. The van der Waals surface area contributed by atoms with Gasteiger partial charge in [-0.05, 0) is 37.6 Å². The Balaban J connectivity index is 1.94. The Morgan fingerprint density at radius 1 is 1.44 bits per heavy atom. The molecule has 0 amide bonds. The lowest BCUT2D eigenvalue weighted by Crippen LogP contribution is -2.54. The molecule has 0 aliphatic carbocycles. The molecule has 0 bridgehead atoms. The van der Waals surface area contributed by atoms with E-state index in [0.717, 1.165) is 32.8 Å². The van der Waals surface area contributed by atoms with E-state index < -0.39 is 0 Å². The van der Waals surface area contributed by atoms with Gasteiger partial charge >= 0.3 is 0 Å². The van der Waals surface area contributed by atoms with Crippen LogP contribution in [0.4, 0.5) is 0 Å². The lowest BCUT2D eigenvalue weighted by atomic mass is 9.88. The Bertz CT molecular complexity index is 244. The van der Waals surface area contributed by atoms with E-state index >= 15 is 0 Å². The minimum atomic E-state index is 0.359. The summed E-state index contributed by atoms with van der Waals surface area (Å²) in [6, 6.07) is 0.468. The predicted molar refractivity (Wildman–Crippen MR) is 72.5 cm³/mol. The van der Waals surface area contributed by atoms with E-state index in [2.05, 4.69) is 11.8 Å². The monoisotopic (exact) mass is 256 g/mol. The maximum absolute atomic E-state index is 6.02. The third-order valence-electron chi connectivity index (χ3n) is 4.67. The van der Waals surface area contributed by atoms with E-state index in [0.29, 0.717) is 24.0 Å². The maximum Gasteiger partial charge on any atom is 0.0724 e. The molecule has 0 spiro atoms. The Morgan fingerprint density at radius 2 is 2.28 bits per heavy atom. The first-order valence-corrected chi connectivity index (χ1v) is 7.31. The van der Waals surface area contributed by atoms with Crippen LogP contribution >= 0.6 is 0 Å². The lowest BCUT2D eigenvalue weighted by Gasteiger charge is -2.43. The van der Waals surface area contributed by atoms with Crippen molar-refractivity contribution in [2.24, 2.45) is 17.6 Å². The van der Waals surface area contributed by atoms with Crippen LogP contribution in [0.25, 0.3) is 0 Å². The maximum atomic E-state index is 6.02. The van der Waals surface area contributed by atoms with Crippen molar-refractivity contribution in [3.8, 4) is 0 Å². The summed E-state index contributed by atoms with van der Waals surface area (Å²) in [6.07, 6.45) is 4.00. The molecule has 4 nitrogen and oxygen atoms in total. The van der Waals surface area contributed by atoms with Gasteiger partial charge in [0, 0.05) is 32.8 Å². The minimum Gasteiger partial charge on any atom is -0.381 e. The fourth-order valence-electron chi connectivity index (χ4n) is 3.37. The summed E-state index contributed by atoms with van der Waals surface area (Å²) in [5.41, 5.74) is 6.02. The van der Waals surface area contributed by atoms with Crippen LogP contribution in [0.5, 0.6) is 0 Å². The van der Waals surface area contributed by atoms with Crippen molar-refractivity contribution < 1.29 is 9.47 Å². The van der Waals surface area contributed by atoms with Crippen molar-refractivity contribution in [1.29, 1.82) is 0 Å². The highest BCUT2D eigenvalue weighted by Crippen LogP contribution is 2.26. The number of hydrogen-bond acceptors (Lipinski definition) is 4. The number of rotatable bonds is 4. The molecular weight excluding hydrogens is 228 g/mol. The van der Waals surface area contributed by atoms with Crippen molar-refractivity contribution >= 4 is 0 Å². The fraction of sp³-hybridized carbons (Fsp3) is 1.00. The fourth-order valence-corrected chi connectivity index (χ4v) is 3.37. The van der Waals surface area contributed by atoms with E-state index in [4.69, 9.17) is 15.2 Å². The Kier molecular flexibility index (Phi) is 5.42. The number of nitrogens with two attached hydrogens (primary N) is 1. The largest absolute Gasteiger partial charge is 0.381 e. The van der Waals surface area contributed by atoms with E-state index in [1.165, 1.54) is 19.3 Å². The number of nitrogens with zero attached hydrogens (tertiary/aromatic N) is 1. The van der Waals surface area contributed by atoms with Gasteiger partial charge in [0.2, 0.25) is 0 Å². The quantitative estimate of drug-likeness (QED) is 0.818. The molecule has 2 fully saturated rings. The van der Waals surface area contributed by atoms with Crippen LogP contribution < -0.4 is 5.73 Å². The lowest BCUT2D eigenvalue weighted by molar-refractivity contribution is -0.0455. The average molecular weight is 256 g/mol. The highest BCUT2D eigenvalue weighted by atomic mass is 16.5. The highest BCUT2D eigenvalue weighted by molar-refractivity contribution is 4.87. The van der Waals surface area contributed by atoms with Crippen molar-refractivity contribution in [3.63, 3.8) is 0 Å². The molecule has 4 unspecified atom stereocenters. The molecule has 2 heterocycles. The zero-order chi connectivity index (χ0) is 13.0. The van der Waals surface area contributed by atoms with Crippen LogP contribution in [0, 0.1) is 11.8 Å². The van der Waals surface area contributed by atoms with E-state index in [1.807, 2.05) is 7.11 Å². The van der Waals surface area contributed by atoms with Gasteiger partial charge in [0.05, 0.1) is 12.7 Å². The summed E-state index contributed by atoms with van der Waals surface area (Å²) >= 11 is 0. The van der Waals surface area contributed by atoms with Crippen molar-refractivity contribution in [3.05, 3.63) is 0 Å². The first kappa shape index (κ1) is 14.3. The van der Waals surface area contributed by atoms with Crippen molar-refractivity contribution in [2.75, 3.05) is 40.0 Å². The molecule has 0 saturated carbocycles.